The molecule has 1 heterocycles. The summed E-state index contributed by atoms with van der Waals surface area (Å²) in [6.45, 7) is 5.79. The lowest BCUT2D eigenvalue weighted by Crippen LogP contribution is -2.48. The van der Waals surface area contributed by atoms with Crippen LogP contribution in [0.1, 0.15) is 57.8 Å². The topological polar surface area (TPSA) is 164 Å². The molecule has 0 aliphatic heterocycles. The van der Waals surface area contributed by atoms with E-state index in [1.54, 1.807) is 20.8 Å². The Morgan fingerprint density at radius 2 is 1.57 bits per heavy atom. The molecule has 2 aromatic carbocycles. The molecule has 4 rings (SSSR count). The van der Waals surface area contributed by atoms with Crippen molar-refractivity contribution in [2.24, 2.45) is 11.8 Å². The maximum Gasteiger partial charge on any atom is 0.412 e. The number of alkyl halides is 4. The van der Waals surface area contributed by atoms with E-state index in [0.29, 0.717) is 45.0 Å². The third kappa shape index (κ3) is 10.3. The molecule has 51 heavy (non-hydrogen) atoms. The molecule has 1 aliphatic rings. The fraction of sp³-hybridized carbons (Fsp3) is 0.471. The molecule has 0 saturated heterocycles. The predicted molar refractivity (Wildman–Crippen MR) is 181 cm³/mol. The van der Waals surface area contributed by atoms with Gasteiger partial charge in [0, 0.05) is 34.6 Å². The number of anilines is 1. The van der Waals surface area contributed by atoms with Gasteiger partial charge in [0.1, 0.15) is 11.6 Å². The number of aromatic amines is 1. The van der Waals surface area contributed by atoms with E-state index in [1.165, 1.54) is 24.3 Å². The van der Waals surface area contributed by atoms with E-state index in [0.717, 1.165) is 10.0 Å². The van der Waals surface area contributed by atoms with Crippen molar-refractivity contribution in [2.45, 2.75) is 76.4 Å². The van der Waals surface area contributed by atoms with Gasteiger partial charge in [0.15, 0.2) is 5.82 Å². The SMILES string of the molecule is COC(=O)C(F)(F)C(F)(F)c1nnc(-c2ccc(NC(=O)[C@H](Cc3ccc(Br)cc3)NC(=O)[C@H]3CC[C@H](CNC(=O)OC(C)(C)C)CC3)cc2)[nH]1. The van der Waals surface area contributed by atoms with Crippen molar-refractivity contribution in [3.8, 4) is 11.4 Å². The van der Waals surface area contributed by atoms with Gasteiger partial charge in [-0.05, 0) is 94.3 Å². The molecule has 0 radical (unpaired) electrons. The Labute approximate surface area is 300 Å². The zero-order valence-electron chi connectivity index (χ0n) is 28.3. The van der Waals surface area contributed by atoms with Gasteiger partial charge in [0.05, 0.1) is 7.11 Å². The third-order valence-corrected chi connectivity index (χ3v) is 8.71. The van der Waals surface area contributed by atoms with E-state index in [2.05, 4.69) is 46.8 Å². The molecule has 3 aromatic rings. The van der Waals surface area contributed by atoms with E-state index >= 15 is 0 Å². The number of ether oxygens (including phenoxy) is 2. The molecular formula is C34H39BrF4N6O6. The van der Waals surface area contributed by atoms with E-state index < -0.39 is 47.3 Å². The largest absolute Gasteiger partial charge is 0.464 e. The zero-order valence-corrected chi connectivity index (χ0v) is 29.9. The number of nitrogens with one attached hydrogen (secondary N) is 4. The quantitative estimate of drug-likeness (QED) is 0.126. The molecule has 0 spiro atoms. The molecule has 1 aromatic heterocycles. The molecule has 0 unspecified atom stereocenters. The predicted octanol–water partition coefficient (Wildman–Crippen LogP) is 6.13. The lowest BCUT2D eigenvalue weighted by Gasteiger charge is -2.29. The highest BCUT2D eigenvalue weighted by Gasteiger charge is 2.66. The van der Waals surface area contributed by atoms with Crippen molar-refractivity contribution in [3.63, 3.8) is 0 Å². The normalized spacial score (nSPS) is 17.2. The number of H-pyrrole nitrogens is 1. The first-order valence-corrected chi connectivity index (χ1v) is 16.9. The van der Waals surface area contributed by atoms with E-state index in [9.17, 15) is 36.7 Å². The van der Waals surface area contributed by atoms with Crippen molar-refractivity contribution >= 4 is 45.5 Å². The molecule has 1 atom stereocenters. The van der Waals surface area contributed by atoms with Crippen LogP contribution in [0.5, 0.6) is 0 Å². The monoisotopic (exact) mass is 782 g/mol. The minimum atomic E-state index is -5.20. The highest BCUT2D eigenvalue weighted by atomic mass is 79.9. The first kappa shape index (κ1) is 39.2. The number of halogens is 5. The van der Waals surface area contributed by atoms with Gasteiger partial charge in [-0.2, -0.15) is 17.6 Å². The van der Waals surface area contributed by atoms with Crippen LogP contribution in [0.2, 0.25) is 0 Å². The van der Waals surface area contributed by atoms with Crippen molar-refractivity contribution in [2.75, 3.05) is 19.0 Å². The zero-order chi connectivity index (χ0) is 37.6. The molecule has 0 bridgehead atoms. The van der Waals surface area contributed by atoms with Crippen LogP contribution in [-0.2, 0) is 36.2 Å². The average molecular weight is 784 g/mol. The number of methoxy groups -OCH3 is 1. The maximum atomic E-state index is 14.4. The van der Waals surface area contributed by atoms with Gasteiger partial charge >= 0.3 is 23.9 Å². The standard InChI is InChI=1S/C34H39BrF4N6O6/c1-32(2,3)51-31(49)40-18-20-5-9-22(10-6-20)27(46)42-25(17-19-7-13-23(35)14-8-19)28(47)41-24-15-11-21(12-16-24)26-43-29(45-44-26)33(36,37)34(38,39)30(48)50-4/h7-8,11-16,20,22,25H,5-6,9-10,17-18H2,1-4H3,(H,40,49)(H,41,47)(H,42,46)(H,43,44,45)/t20-,22-,25-/m0/s1. The number of rotatable bonds is 12. The smallest absolute Gasteiger partial charge is 0.412 e. The molecule has 1 saturated carbocycles. The maximum absolute atomic E-state index is 14.4. The number of esters is 1. The Morgan fingerprint density at radius 1 is 0.941 bits per heavy atom. The second-order valence-corrected chi connectivity index (χ2v) is 14.1. The van der Waals surface area contributed by atoms with E-state index in [1.807, 2.05) is 29.2 Å². The van der Waals surface area contributed by atoms with Crippen LogP contribution in [0.4, 0.5) is 28.0 Å². The van der Waals surface area contributed by atoms with Crippen LogP contribution in [0.3, 0.4) is 0 Å². The summed E-state index contributed by atoms with van der Waals surface area (Å²) in [5.41, 5.74) is 0.647. The molecule has 12 nitrogen and oxygen atoms in total. The number of carbonyl (C=O) groups excluding carboxylic acids is 4. The van der Waals surface area contributed by atoms with Crippen LogP contribution in [-0.4, -0.2) is 70.3 Å². The van der Waals surface area contributed by atoms with Gasteiger partial charge in [0.2, 0.25) is 17.6 Å². The Morgan fingerprint density at radius 3 is 2.16 bits per heavy atom. The van der Waals surface area contributed by atoms with E-state index in [-0.39, 0.29) is 35.6 Å². The van der Waals surface area contributed by atoms with Gasteiger partial charge in [-0.3, -0.25) is 9.59 Å². The first-order valence-electron chi connectivity index (χ1n) is 16.1. The summed E-state index contributed by atoms with van der Waals surface area (Å²) in [6, 6.07) is 12.0. The summed E-state index contributed by atoms with van der Waals surface area (Å²) < 4.78 is 66.7. The number of amides is 3. The Kier molecular flexibility index (Phi) is 12.5. The van der Waals surface area contributed by atoms with Gasteiger partial charge in [-0.25, -0.2) is 9.59 Å². The Balaban J connectivity index is 1.40. The van der Waals surface area contributed by atoms with Crippen molar-refractivity contribution in [1.29, 1.82) is 0 Å². The summed E-state index contributed by atoms with van der Waals surface area (Å²) in [4.78, 5) is 52.2. The van der Waals surface area contributed by atoms with Crippen LogP contribution >= 0.6 is 15.9 Å². The van der Waals surface area contributed by atoms with Gasteiger partial charge in [-0.15, -0.1) is 10.2 Å². The van der Waals surface area contributed by atoms with Gasteiger partial charge < -0.3 is 30.4 Å². The number of hydrogen-bond acceptors (Lipinski definition) is 8. The third-order valence-electron chi connectivity index (χ3n) is 8.18. The molecule has 4 N–H and O–H groups in total. The average Bonchev–Trinajstić information content (AvgIpc) is 3.59. The molecule has 3 amide bonds. The second kappa shape index (κ2) is 16.2. The van der Waals surface area contributed by atoms with Crippen molar-refractivity contribution in [1.82, 2.24) is 25.8 Å². The van der Waals surface area contributed by atoms with Gasteiger partial charge in [0.25, 0.3) is 0 Å². The number of aromatic nitrogens is 3. The molecule has 1 fully saturated rings. The van der Waals surface area contributed by atoms with Crippen LogP contribution in [0.15, 0.2) is 53.0 Å². The minimum absolute atomic E-state index is 0.167. The van der Waals surface area contributed by atoms with Crippen molar-refractivity contribution in [3.05, 3.63) is 64.4 Å². The molecular weight excluding hydrogens is 744 g/mol. The summed E-state index contributed by atoms with van der Waals surface area (Å²) in [5.74, 6) is -15.4. The number of hydrogen-bond donors (Lipinski definition) is 4. The number of alkyl carbamates (subject to hydrolysis) is 1. The Bertz CT molecular complexity index is 1690. The minimum Gasteiger partial charge on any atom is -0.464 e. The van der Waals surface area contributed by atoms with Crippen LogP contribution in [0.25, 0.3) is 11.4 Å². The first-order chi connectivity index (χ1) is 23.9. The number of benzene rings is 2. The van der Waals surface area contributed by atoms with Gasteiger partial charge in [-0.1, -0.05) is 28.1 Å². The highest BCUT2D eigenvalue weighted by Crippen LogP contribution is 2.42. The summed E-state index contributed by atoms with van der Waals surface area (Å²) >= 11 is 3.39. The molecule has 276 valence electrons. The lowest BCUT2D eigenvalue weighted by molar-refractivity contribution is -0.233. The summed E-state index contributed by atoms with van der Waals surface area (Å²) in [6.07, 6.45) is 2.27. The fourth-order valence-corrected chi connectivity index (χ4v) is 5.67. The molecule has 17 heteroatoms. The molecule has 1 aliphatic carbocycles. The fourth-order valence-electron chi connectivity index (χ4n) is 5.40. The van der Waals surface area contributed by atoms with Crippen LogP contribution in [0, 0.1) is 11.8 Å². The van der Waals surface area contributed by atoms with Crippen LogP contribution < -0.4 is 16.0 Å². The summed E-state index contributed by atoms with van der Waals surface area (Å²) in [5, 5.41) is 15.0. The van der Waals surface area contributed by atoms with E-state index in [4.69, 9.17) is 4.74 Å². The van der Waals surface area contributed by atoms with Crippen molar-refractivity contribution < 1.29 is 46.2 Å². The second-order valence-electron chi connectivity index (χ2n) is 13.2. The summed E-state index contributed by atoms with van der Waals surface area (Å²) in [7, 11) is 0.553. The Hall–Kier alpha value is -4.54. The number of nitrogens with zero attached hydrogens (tertiary/aromatic N) is 2. The lowest BCUT2D eigenvalue weighted by atomic mass is 9.81. The highest BCUT2D eigenvalue weighted by molar-refractivity contribution is 9.10. The number of carbonyl (C=O) groups is 4.